The van der Waals surface area contributed by atoms with Crippen LogP contribution in [0.15, 0.2) is 29.2 Å². The molecule has 0 radical (unpaired) electrons. The van der Waals surface area contributed by atoms with E-state index in [-0.39, 0.29) is 22.6 Å². The van der Waals surface area contributed by atoms with E-state index in [0.717, 1.165) is 0 Å². The van der Waals surface area contributed by atoms with Gasteiger partial charge in [-0.15, -0.1) is 0 Å². The Bertz CT molecular complexity index is 358. The predicted molar refractivity (Wildman–Crippen MR) is 58.6 cm³/mol. The van der Waals surface area contributed by atoms with Crippen molar-refractivity contribution in [1.29, 1.82) is 0 Å². The standard InChI is InChI=1S/C11H13FO2S/c1-11(2,3)14-10(13)8-6-4-5-7-9(8)15-12/h4-7H,1-3H3. The molecule has 1 aromatic carbocycles. The van der Waals surface area contributed by atoms with Crippen LogP contribution >= 0.6 is 12.1 Å². The number of carbonyl (C=O) groups is 1. The summed E-state index contributed by atoms with van der Waals surface area (Å²) in [6.07, 6.45) is 0. The smallest absolute Gasteiger partial charge is 0.339 e. The second-order valence-electron chi connectivity index (χ2n) is 4.08. The van der Waals surface area contributed by atoms with Gasteiger partial charge in [0.05, 0.1) is 22.6 Å². The van der Waals surface area contributed by atoms with Crippen molar-refractivity contribution in [2.75, 3.05) is 0 Å². The molecule has 0 heterocycles. The first-order chi connectivity index (χ1) is 6.94. The number of benzene rings is 1. The van der Waals surface area contributed by atoms with E-state index in [1.54, 1.807) is 45.0 Å². The Morgan fingerprint density at radius 2 is 1.93 bits per heavy atom. The summed E-state index contributed by atoms with van der Waals surface area (Å²) in [5.74, 6) is -0.497. The molecule has 0 fully saturated rings. The summed E-state index contributed by atoms with van der Waals surface area (Å²) >= 11 is 0.0489. The van der Waals surface area contributed by atoms with Crippen molar-refractivity contribution in [3.63, 3.8) is 0 Å². The second-order valence-corrected chi connectivity index (χ2v) is 4.67. The van der Waals surface area contributed by atoms with Crippen molar-refractivity contribution in [2.45, 2.75) is 31.3 Å². The first-order valence-electron chi connectivity index (χ1n) is 4.55. The van der Waals surface area contributed by atoms with Crippen molar-refractivity contribution >= 4 is 18.1 Å². The fourth-order valence-electron chi connectivity index (χ4n) is 1.04. The number of esters is 1. The highest BCUT2D eigenvalue weighted by molar-refractivity contribution is 7.94. The molecule has 0 N–H and O–H groups in total. The van der Waals surface area contributed by atoms with Crippen LogP contribution in [0.5, 0.6) is 0 Å². The van der Waals surface area contributed by atoms with Crippen LogP contribution in [0.4, 0.5) is 3.89 Å². The Labute approximate surface area is 93.1 Å². The minimum Gasteiger partial charge on any atom is -0.456 e. The molecule has 0 aliphatic rings. The molecule has 0 amide bonds. The molecule has 4 heteroatoms. The highest BCUT2D eigenvalue weighted by Gasteiger charge is 2.20. The van der Waals surface area contributed by atoms with Gasteiger partial charge in [0, 0.05) is 0 Å². The monoisotopic (exact) mass is 228 g/mol. The van der Waals surface area contributed by atoms with Crippen molar-refractivity contribution in [1.82, 2.24) is 0 Å². The van der Waals surface area contributed by atoms with Crippen LogP contribution in [0.2, 0.25) is 0 Å². The number of carbonyl (C=O) groups excluding carboxylic acids is 1. The maximum Gasteiger partial charge on any atom is 0.339 e. The summed E-state index contributed by atoms with van der Waals surface area (Å²) in [6.45, 7) is 5.32. The predicted octanol–water partition coefficient (Wildman–Crippen LogP) is 3.62. The molecule has 0 aliphatic carbocycles. The normalized spacial score (nSPS) is 11.2. The molecule has 0 aromatic heterocycles. The van der Waals surface area contributed by atoms with Crippen molar-refractivity contribution in [3.05, 3.63) is 29.8 Å². The average molecular weight is 228 g/mol. The first-order valence-corrected chi connectivity index (χ1v) is 5.27. The third-order valence-corrected chi connectivity index (χ3v) is 2.11. The van der Waals surface area contributed by atoms with Gasteiger partial charge in [0.15, 0.2) is 0 Å². The maximum absolute atomic E-state index is 12.5. The summed E-state index contributed by atoms with van der Waals surface area (Å²) in [5, 5.41) is 0. The topological polar surface area (TPSA) is 26.3 Å². The molecule has 2 nitrogen and oxygen atoms in total. The zero-order valence-electron chi connectivity index (χ0n) is 8.91. The van der Waals surface area contributed by atoms with E-state index in [0.29, 0.717) is 0 Å². The molecule has 0 unspecified atom stereocenters. The van der Waals surface area contributed by atoms with Crippen LogP contribution in [0.25, 0.3) is 0 Å². The molecule has 0 saturated heterocycles. The molecule has 15 heavy (non-hydrogen) atoms. The minimum absolute atomic E-state index is 0.0489. The Balaban J connectivity index is 2.91. The third kappa shape index (κ3) is 3.55. The van der Waals surface area contributed by atoms with Gasteiger partial charge in [-0.05, 0) is 32.9 Å². The second kappa shape index (κ2) is 4.66. The molecular formula is C11H13FO2S. The lowest BCUT2D eigenvalue weighted by molar-refractivity contribution is 0.00655. The minimum atomic E-state index is -0.564. The number of ether oxygens (including phenoxy) is 1. The summed E-state index contributed by atoms with van der Waals surface area (Å²) in [7, 11) is 0. The lowest BCUT2D eigenvalue weighted by Gasteiger charge is -2.19. The largest absolute Gasteiger partial charge is 0.456 e. The van der Waals surface area contributed by atoms with Gasteiger partial charge in [0.2, 0.25) is 0 Å². The molecular weight excluding hydrogens is 215 g/mol. The van der Waals surface area contributed by atoms with E-state index in [1.807, 2.05) is 0 Å². The van der Waals surface area contributed by atoms with Crippen LogP contribution in [0.3, 0.4) is 0 Å². The van der Waals surface area contributed by atoms with Gasteiger partial charge in [0.25, 0.3) is 0 Å². The number of halogens is 1. The molecule has 0 aliphatic heterocycles. The lowest BCUT2D eigenvalue weighted by atomic mass is 10.1. The van der Waals surface area contributed by atoms with Gasteiger partial charge in [-0.2, -0.15) is 3.89 Å². The fraction of sp³-hybridized carbons (Fsp3) is 0.364. The van der Waals surface area contributed by atoms with Crippen molar-refractivity contribution in [3.8, 4) is 0 Å². The van der Waals surface area contributed by atoms with Gasteiger partial charge in [-0.1, -0.05) is 12.1 Å². The van der Waals surface area contributed by atoms with E-state index >= 15 is 0 Å². The van der Waals surface area contributed by atoms with Gasteiger partial charge in [0.1, 0.15) is 5.60 Å². The summed E-state index contributed by atoms with van der Waals surface area (Å²) < 4.78 is 17.6. The first kappa shape index (κ1) is 12.0. The molecule has 0 bridgehead atoms. The Morgan fingerprint density at radius 1 is 1.33 bits per heavy atom. The van der Waals surface area contributed by atoms with Crippen LogP contribution in [-0.4, -0.2) is 11.6 Å². The SMILES string of the molecule is CC(C)(C)OC(=O)c1ccccc1SF. The quantitative estimate of drug-likeness (QED) is 0.723. The third-order valence-electron chi connectivity index (χ3n) is 1.59. The van der Waals surface area contributed by atoms with E-state index < -0.39 is 11.6 Å². The maximum atomic E-state index is 12.5. The molecule has 82 valence electrons. The Morgan fingerprint density at radius 3 is 2.47 bits per heavy atom. The fourth-order valence-corrected chi connectivity index (χ4v) is 1.40. The number of hydrogen-bond donors (Lipinski definition) is 0. The molecule has 0 atom stereocenters. The van der Waals surface area contributed by atoms with E-state index in [2.05, 4.69) is 0 Å². The van der Waals surface area contributed by atoms with Gasteiger partial charge in [-0.3, -0.25) is 0 Å². The zero-order valence-corrected chi connectivity index (χ0v) is 9.73. The van der Waals surface area contributed by atoms with Crippen LogP contribution in [0.1, 0.15) is 31.1 Å². The van der Waals surface area contributed by atoms with Gasteiger partial charge < -0.3 is 4.74 Å². The highest BCUT2D eigenvalue weighted by Crippen LogP contribution is 2.25. The number of rotatable bonds is 2. The summed E-state index contributed by atoms with van der Waals surface area (Å²) in [6, 6.07) is 6.45. The van der Waals surface area contributed by atoms with Crippen molar-refractivity contribution < 1.29 is 13.4 Å². The van der Waals surface area contributed by atoms with E-state index in [4.69, 9.17) is 4.74 Å². The number of hydrogen-bond acceptors (Lipinski definition) is 3. The lowest BCUT2D eigenvalue weighted by Crippen LogP contribution is -2.24. The Kier molecular flexibility index (Phi) is 3.74. The molecule has 0 spiro atoms. The van der Waals surface area contributed by atoms with Crippen LogP contribution in [0, 0.1) is 0 Å². The summed E-state index contributed by atoms with van der Waals surface area (Å²) in [4.78, 5) is 11.9. The van der Waals surface area contributed by atoms with Gasteiger partial charge >= 0.3 is 5.97 Å². The van der Waals surface area contributed by atoms with Crippen LogP contribution in [-0.2, 0) is 4.74 Å². The molecule has 1 aromatic rings. The van der Waals surface area contributed by atoms with E-state index in [1.165, 1.54) is 0 Å². The van der Waals surface area contributed by atoms with Gasteiger partial charge in [-0.25, -0.2) is 4.79 Å². The average Bonchev–Trinajstić information content (AvgIpc) is 2.15. The highest BCUT2D eigenvalue weighted by atomic mass is 32.2. The van der Waals surface area contributed by atoms with E-state index in [9.17, 15) is 8.68 Å². The molecule has 0 saturated carbocycles. The van der Waals surface area contributed by atoms with Crippen molar-refractivity contribution in [2.24, 2.45) is 0 Å². The Hall–Kier alpha value is -1.03. The zero-order chi connectivity index (χ0) is 11.5. The van der Waals surface area contributed by atoms with Crippen LogP contribution < -0.4 is 0 Å². The molecule has 1 rings (SSSR count). The summed E-state index contributed by atoms with van der Waals surface area (Å²) in [5.41, 5.74) is -0.300.